The number of hydrogen-bond donors (Lipinski definition) is 1. The highest BCUT2D eigenvalue weighted by atomic mass is 32.1. The maximum Gasteiger partial charge on any atom is 0.338 e. The number of allylic oxidation sites excluding steroid dienone is 3. The molecule has 1 aliphatic heterocycles. The van der Waals surface area contributed by atoms with E-state index < -0.39 is 30.4 Å². The van der Waals surface area contributed by atoms with Crippen LogP contribution in [0, 0.1) is 5.92 Å². The molecule has 10 nitrogen and oxygen atoms in total. The summed E-state index contributed by atoms with van der Waals surface area (Å²) in [4.78, 5) is 46.2. The summed E-state index contributed by atoms with van der Waals surface area (Å²) in [6, 6.07) is 8.53. The van der Waals surface area contributed by atoms with E-state index in [1.165, 1.54) is 10.8 Å². The number of esters is 2. The van der Waals surface area contributed by atoms with E-state index in [1.54, 1.807) is 36.4 Å². The number of nitrogens with two attached hydrogens (primary N) is 1. The van der Waals surface area contributed by atoms with Gasteiger partial charge in [-0.2, -0.15) is 4.98 Å². The Morgan fingerprint density at radius 3 is 2.83 bits per heavy atom. The van der Waals surface area contributed by atoms with Gasteiger partial charge in [-0.05, 0) is 24.5 Å². The molecule has 5 rings (SSSR count). The van der Waals surface area contributed by atoms with E-state index in [4.69, 9.17) is 19.9 Å². The Labute approximate surface area is 210 Å². The first kappa shape index (κ1) is 23.9. The number of aromatic nitrogens is 3. The Morgan fingerprint density at radius 1 is 1.25 bits per heavy atom. The Hall–Kier alpha value is -3.83. The number of carbonyl (C=O) groups is 2. The highest BCUT2D eigenvalue weighted by Gasteiger charge is 2.42. The number of nitrogens with zero attached hydrogens (tertiary/aromatic N) is 3. The van der Waals surface area contributed by atoms with Gasteiger partial charge in [-0.3, -0.25) is 9.36 Å². The number of benzene rings is 1. The zero-order valence-corrected chi connectivity index (χ0v) is 20.2. The van der Waals surface area contributed by atoms with Crippen LogP contribution in [0.4, 0.5) is 5.95 Å². The second kappa shape index (κ2) is 10.0. The average Bonchev–Trinajstić information content (AvgIpc) is 3.41. The fourth-order valence-corrected chi connectivity index (χ4v) is 5.09. The number of carbonyl (C=O) groups excluding carboxylic acids is 2. The molecule has 0 saturated carbocycles. The van der Waals surface area contributed by atoms with E-state index in [2.05, 4.69) is 9.97 Å². The van der Waals surface area contributed by atoms with Crippen molar-refractivity contribution in [1.82, 2.24) is 14.5 Å². The van der Waals surface area contributed by atoms with Gasteiger partial charge in [0.25, 0.3) is 0 Å². The zero-order chi connectivity index (χ0) is 25.2. The minimum Gasteiger partial charge on any atom is -0.460 e. The smallest absolute Gasteiger partial charge is 0.338 e. The lowest BCUT2D eigenvalue weighted by Gasteiger charge is -2.20. The third-order valence-electron chi connectivity index (χ3n) is 6.11. The number of nitrogen functional groups attached to an aromatic ring is 1. The summed E-state index contributed by atoms with van der Waals surface area (Å²) in [5, 5.41) is 0. The molecular weight excluding hydrogens is 484 g/mol. The summed E-state index contributed by atoms with van der Waals surface area (Å²) >= 11 is 0.937. The molecule has 1 aromatic carbocycles. The lowest BCUT2D eigenvalue weighted by molar-refractivity contribution is -0.144. The lowest BCUT2D eigenvalue weighted by Crippen LogP contribution is -2.30. The Bertz CT molecular complexity index is 1410. The van der Waals surface area contributed by atoms with Crippen LogP contribution in [-0.2, 0) is 19.0 Å². The minimum absolute atomic E-state index is 0.000663. The summed E-state index contributed by atoms with van der Waals surface area (Å²) in [6.07, 6.45) is 5.61. The van der Waals surface area contributed by atoms with Crippen LogP contribution in [-0.4, -0.2) is 45.3 Å². The lowest BCUT2D eigenvalue weighted by atomic mass is 9.93. The van der Waals surface area contributed by atoms with E-state index in [0.29, 0.717) is 15.8 Å². The van der Waals surface area contributed by atoms with Crippen molar-refractivity contribution in [1.29, 1.82) is 0 Å². The number of thiazole rings is 1. The van der Waals surface area contributed by atoms with Gasteiger partial charge in [-0.1, -0.05) is 54.7 Å². The standard InChI is InChI=1S/C25H24N4O6S/c1-14-7-5-6-10-17(14)23(31)33-13-16-11-18(35-22(30)15-8-3-2-4-9-15)21(34-16)29-20-19(36-25(29)32)12-27-24(26)28-20/h2-6,8-10,12,14,16,18,21H,7,11,13H2,1H3,(H2,26,27,28)/t14?,16-,18+,21+/m0/s1. The van der Waals surface area contributed by atoms with Crippen molar-refractivity contribution in [2.45, 2.75) is 38.2 Å². The summed E-state index contributed by atoms with van der Waals surface area (Å²) < 4.78 is 19.3. The van der Waals surface area contributed by atoms with Crippen molar-refractivity contribution in [3.8, 4) is 0 Å². The first-order valence-corrected chi connectivity index (χ1v) is 12.3. The molecule has 0 spiro atoms. The maximum absolute atomic E-state index is 12.9. The van der Waals surface area contributed by atoms with Gasteiger partial charge in [-0.25, -0.2) is 14.6 Å². The molecule has 2 aromatic heterocycles. The monoisotopic (exact) mass is 508 g/mol. The van der Waals surface area contributed by atoms with Crippen molar-refractivity contribution < 1.29 is 23.8 Å². The van der Waals surface area contributed by atoms with Crippen LogP contribution < -0.4 is 10.6 Å². The van der Waals surface area contributed by atoms with Gasteiger partial charge in [0.15, 0.2) is 11.9 Å². The topological polar surface area (TPSA) is 136 Å². The molecule has 2 N–H and O–H groups in total. The largest absolute Gasteiger partial charge is 0.460 e. The molecule has 1 unspecified atom stereocenters. The zero-order valence-electron chi connectivity index (χ0n) is 19.4. The van der Waals surface area contributed by atoms with Gasteiger partial charge in [0.05, 0.1) is 22.6 Å². The van der Waals surface area contributed by atoms with E-state index >= 15 is 0 Å². The van der Waals surface area contributed by atoms with Crippen LogP contribution in [0.15, 0.2) is 65.1 Å². The van der Waals surface area contributed by atoms with E-state index in [0.717, 1.165) is 17.8 Å². The van der Waals surface area contributed by atoms with E-state index in [9.17, 15) is 14.4 Å². The van der Waals surface area contributed by atoms with Crippen LogP contribution in [0.3, 0.4) is 0 Å². The number of anilines is 1. The normalized spacial score (nSPS) is 23.4. The Morgan fingerprint density at radius 2 is 2.06 bits per heavy atom. The van der Waals surface area contributed by atoms with Crippen molar-refractivity contribution in [2.24, 2.45) is 5.92 Å². The van der Waals surface area contributed by atoms with Crippen LogP contribution in [0.2, 0.25) is 0 Å². The molecule has 0 amide bonds. The first-order chi connectivity index (χ1) is 17.4. The number of fused-ring (bicyclic) bond motifs is 1. The molecule has 3 aromatic rings. The highest BCUT2D eigenvalue weighted by Crippen LogP contribution is 2.34. The number of hydrogen-bond acceptors (Lipinski definition) is 10. The van der Waals surface area contributed by atoms with E-state index in [-0.39, 0.29) is 35.4 Å². The van der Waals surface area contributed by atoms with Crippen molar-refractivity contribution >= 4 is 39.6 Å². The van der Waals surface area contributed by atoms with Gasteiger partial charge < -0.3 is 19.9 Å². The van der Waals surface area contributed by atoms with Gasteiger partial charge in [0, 0.05) is 12.0 Å². The molecule has 36 heavy (non-hydrogen) atoms. The molecule has 11 heteroatoms. The molecule has 0 radical (unpaired) electrons. The van der Waals surface area contributed by atoms with Crippen LogP contribution in [0.25, 0.3) is 10.3 Å². The van der Waals surface area contributed by atoms with Crippen LogP contribution >= 0.6 is 11.3 Å². The van der Waals surface area contributed by atoms with Crippen molar-refractivity contribution in [2.75, 3.05) is 12.3 Å². The fraction of sp³-hybridized carbons (Fsp3) is 0.320. The molecule has 1 fully saturated rings. The van der Waals surface area contributed by atoms with Gasteiger partial charge >= 0.3 is 16.8 Å². The molecule has 4 atom stereocenters. The molecule has 186 valence electrons. The molecule has 3 heterocycles. The average molecular weight is 509 g/mol. The molecule has 1 saturated heterocycles. The Kier molecular flexibility index (Phi) is 6.66. The number of ether oxygens (including phenoxy) is 3. The highest BCUT2D eigenvalue weighted by molar-refractivity contribution is 7.16. The summed E-state index contributed by atoms with van der Waals surface area (Å²) in [7, 11) is 0. The SMILES string of the molecule is CC1CC=CC=C1C(=O)OC[C@@H]1C[C@@H](OC(=O)c2ccccc2)[C@H](n2c(=O)sc3cnc(N)nc32)O1. The van der Waals surface area contributed by atoms with Crippen molar-refractivity contribution in [3.05, 3.63) is 75.6 Å². The quantitative estimate of drug-likeness (QED) is 0.498. The van der Waals surface area contributed by atoms with Crippen molar-refractivity contribution in [3.63, 3.8) is 0 Å². The fourth-order valence-electron chi connectivity index (χ4n) is 4.28. The van der Waals surface area contributed by atoms with E-state index in [1.807, 2.05) is 19.1 Å². The van der Waals surface area contributed by atoms with Gasteiger partial charge in [-0.15, -0.1) is 0 Å². The second-order valence-corrected chi connectivity index (χ2v) is 9.63. The third kappa shape index (κ3) is 4.79. The molecule has 0 bridgehead atoms. The molecule has 2 aliphatic rings. The Balaban J connectivity index is 1.39. The molecular formula is C25H24N4O6S. The summed E-state index contributed by atoms with van der Waals surface area (Å²) in [5.41, 5.74) is 7.00. The van der Waals surface area contributed by atoms with Gasteiger partial charge in [0.2, 0.25) is 5.95 Å². The van der Waals surface area contributed by atoms with Crippen LogP contribution in [0.1, 0.15) is 36.4 Å². The minimum atomic E-state index is -0.979. The predicted octanol–water partition coefficient (Wildman–Crippen LogP) is 3.01. The first-order valence-electron chi connectivity index (χ1n) is 11.5. The summed E-state index contributed by atoms with van der Waals surface area (Å²) in [5.74, 6) is -0.920. The maximum atomic E-state index is 12.9. The summed E-state index contributed by atoms with van der Waals surface area (Å²) in [6.45, 7) is 1.90. The second-order valence-electron chi connectivity index (χ2n) is 8.63. The third-order valence-corrected chi connectivity index (χ3v) is 6.99. The number of rotatable bonds is 6. The predicted molar refractivity (Wildman–Crippen MR) is 132 cm³/mol. The van der Waals surface area contributed by atoms with Gasteiger partial charge in [0.1, 0.15) is 12.7 Å². The van der Waals surface area contributed by atoms with Crippen LogP contribution in [0.5, 0.6) is 0 Å². The molecule has 1 aliphatic carbocycles.